The summed E-state index contributed by atoms with van der Waals surface area (Å²) in [6, 6.07) is 16.9. The smallest absolute Gasteiger partial charge is 0.256 e. The van der Waals surface area contributed by atoms with Crippen molar-refractivity contribution in [2.45, 2.75) is 13.8 Å². The number of pyridine rings is 2. The molecule has 0 aliphatic carbocycles. The lowest BCUT2D eigenvalue weighted by molar-refractivity contribution is 0.102. The fourth-order valence-corrected chi connectivity index (χ4v) is 3.87. The van der Waals surface area contributed by atoms with E-state index >= 15 is 0 Å². The average molecular weight is 454 g/mol. The van der Waals surface area contributed by atoms with Crippen molar-refractivity contribution >= 4 is 17.1 Å². The van der Waals surface area contributed by atoms with E-state index in [2.05, 4.69) is 15.3 Å². The van der Waals surface area contributed by atoms with E-state index in [-0.39, 0.29) is 17.3 Å². The van der Waals surface area contributed by atoms with E-state index in [0.29, 0.717) is 28.0 Å². The summed E-state index contributed by atoms with van der Waals surface area (Å²) in [5.74, 6) is -1.86. The Hall–Kier alpha value is -4.39. The second-order valence-corrected chi connectivity index (χ2v) is 8.06. The Morgan fingerprint density at radius 2 is 1.68 bits per heavy atom. The topological polar surface area (TPSA) is 59.3 Å². The molecule has 0 aliphatic heterocycles. The number of carbonyl (C=O) groups excluding carboxylic acids is 1. The van der Waals surface area contributed by atoms with Gasteiger partial charge in [0.05, 0.1) is 23.0 Å². The maximum Gasteiger partial charge on any atom is 0.256 e. The lowest BCUT2D eigenvalue weighted by Crippen LogP contribution is -2.14. The van der Waals surface area contributed by atoms with Gasteiger partial charge in [-0.1, -0.05) is 23.8 Å². The third-order valence-corrected chi connectivity index (χ3v) is 5.70. The molecule has 168 valence electrons. The van der Waals surface area contributed by atoms with Crippen molar-refractivity contribution in [2.75, 3.05) is 5.32 Å². The van der Waals surface area contributed by atoms with Gasteiger partial charge in [0.15, 0.2) is 11.6 Å². The van der Waals surface area contributed by atoms with Crippen molar-refractivity contribution in [3.8, 4) is 22.6 Å². The largest absolute Gasteiger partial charge is 0.322 e. The predicted molar refractivity (Wildman–Crippen MR) is 128 cm³/mol. The average Bonchev–Trinajstić information content (AvgIpc) is 3.27. The maximum atomic E-state index is 14.4. The van der Waals surface area contributed by atoms with E-state index in [1.54, 1.807) is 35.1 Å². The number of amides is 1. The SMILES string of the molecule is Cc1ccc(NC(=O)c2cc(-c3cccn4c(-c5cccc(F)c5F)ncc34)ncc2C)cc1. The van der Waals surface area contributed by atoms with Crippen LogP contribution in [0.3, 0.4) is 0 Å². The number of carbonyl (C=O) groups is 1. The molecular formula is C27H20F2N4O. The number of nitrogens with zero attached hydrogens (tertiary/aromatic N) is 3. The molecule has 2 aromatic carbocycles. The first-order valence-corrected chi connectivity index (χ1v) is 10.7. The molecule has 5 rings (SSSR count). The lowest BCUT2D eigenvalue weighted by Gasteiger charge is -2.11. The molecule has 0 radical (unpaired) electrons. The van der Waals surface area contributed by atoms with E-state index in [4.69, 9.17) is 0 Å². The Morgan fingerprint density at radius 1 is 0.912 bits per heavy atom. The highest BCUT2D eigenvalue weighted by Crippen LogP contribution is 2.30. The van der Waals surface area contributed by atoms with Gasteiger partial charge in [0, 0.05) is 29.2 Å². The molecule has 0 fully saturated rings. The molecule has 0 atom stereocenters. The van der Waals surface area contributed by atoms with Gasteiger partial charge in [-0.15, -0.1) is 0 Å². The number of rotatable bonds is 4. The van der Waals surface area contributed by atoms with Crippen molar-refractivity contribution in [1.82, 2.24) is 14.4 Å². The molecule has 1 N–H and O–H groups in total. The summed E-state index contributed by atoms with van der Waals surface area (Å²) in [5, 5.41) is 2.92. The van der Waals surface area contributed by atoms with Crippen LogP contribution in [-0.4, -0.2) is 20.3 Å². The van der Waals surface area contributed by atoms with Crippen LogP contribution < -0.4 is 5.32 Å². The molecule has 0 bridgehead atoms. The van der Waals surface area contributed by atoms with Gasteiger partial charge in [-0.25, -0.2) is 13.8 Å². The third-order valence-electron chi connectivity index (χ3n) is 5.70. The van der Waals surface area contributed by atoms with Crippen LogP contribution in [0, 0.1) is 25.5 Å². The van der Waals surface area contributed by atoms with Gasteiger partial charge in [-0.3, -0.25) is 14.2 Å². The van der Waals surface area contributed by atoms with Gasteiger partial charge in [-0.2, -0.15) is 0 Å². The molecular weight excluding hydrogens is 434 g/mol. The normalized spacial score (nSPS) is 11.1. The van der Waals surface area contributed by atoms with Crippen LogP contribution in [0.5, 0.6) is 0 Å². The molecule has 5 aromatic rings. The zero-order valence-electron chi connectivity index (χ0n) is 18.5. The predicted octanol–water partition coefficient (Wildman–Crippen LogP) is 6.21. The fourth-order valence-electron chi connectivity index (χ4n) is 3.87. The zero-order valence-corrected chi connectivity index (χ0v) is 18.5. The minimum atomic E-state index is -0.955. The number of halogens is 2. The second-order valence-electron chi connectivity index (χ2n) is 8.06. The van der Waals surface area contributed by atoms with Crippen molar-refractivity contribution in [3.05, 3.63) is 108 Å². The van der Waals surface area contributed by atoms with Crippen LogP contribution in [0.2, 0.25) is 0 Å². The fraction of sp³-hybridized carbons (Fsp3) is 0.0741. The van der Waals surface area contributed by atoms with E-state index in [0.717, 1.165) is 17.2 Å². The monoisotopic (exact) mass is 454 g/mol. The Morgan fingerprint density at radius 3 is 2.47 bits per heavy atom. The summed E-state index contributed by atoms with van der Waals surface area (Å²) < 4.78 is 29.9. The number of anilines is 1. The first-order valence-electron chi connectivity index (χ1n) is 10.7. The highest BCUT2D eigenvalue weighted by atomic mass is 19.2. The minimum Gasteiger partial charge on any atom is -0.322 e. The Bertz CT molecular complexity index is 1540. The molecule has 1 amide bonds. The summed E-state index contributed by atoms with van der Waals surface area (Å²) in [4.78, 5) is 21.9. The molecule has 0 spiro atoms. The van der Waals surface area contributed by atoms with Crippen molar-refractivity contribution in [2.24, 2.45) is 0 Å². The highest BCUT2D eigenvalue weighted by molar-refractivity contribution is 6.06. The van der Waals surface area contributed by atoms with Crippen LogP contribution in [0.4, 0.5) is 14.5 Å². The Balaban J connectivity index is 1.55. The number of aromatic nitrogens is 3. The van der Waals surface area contributed by atoms with Gasteiger partial charge < -0.3 is 5.32 Å². The van der Waals surface area contributed by atoms with Crippen LogP contribution in [0.1, 0.15) is 21.5 Å². The van der Waals surface area contributed by atoms with Gasteiger partial charge in [0.1, 0.15) is 5.82 Å². The third kappa shape index (κ3) is 3.81. The van der Waals surface area contributed by atoms with Crippen LogP contribution in [-0.2, 0) is 0 Å². The number of benzene rings is 2. The number of fused-ring (bicyclic) bond motifs is 1. The molecule has 7 heteroatoms. The summed E-state index contributed by atoms with van der Waals surface area (Å²) in [6.07, 6.45) is 4.96. The van der Waals surface area contributed by atoms with Crippen LogP contribution in [0.25, 0.3) is 28.2 Å². The zero-order chi connectivity index (χ0) is 23.8. The molecule has 34 heavy (non-hydrogen) atoms. The number of imidazole rings is 1. The molecule has 5 nitrogen and oxygen atoms in total. The molecule has 3 heterocycles. The van der Waals surface area contributed by atoms with Crippen molar-refractivity contribution < 1.29 is 13.6 Å². The quantitative estimate of drug-likeness (QED) is 0.351. The van der Waals surface area contributed by atoms with E-state index in [1.807, 2.05) is 44.2 Å². The Kier molecular flexibility index (Phi) is 5.37. The minimum absolute atomic E-state index is 0.0622. The molecule has 0 aliphatic rings. The summed E-state index contributed by atoms with van der Waals surface area (Å²) in [7, 11) is 0. The van der Waals surface area contributed by atoms with Crippen molar-refractivity contribution in [3.63, 3.8) is 0 Å². The Labute approximate surface area is 194 Å². The van der Waals surface area contributed by atoms with Crippen LogP contribution in [0.15, 0.2) is 79.3 Å². The molecule has 0 saturated carbocycles. The summed E-state index contributed by atoms with van der Waals surface area (Å²) >= 11 is 0. The first-order chi connectivity index (χ1) is 16.4. The number of aryl methyl sites for hydroxylation is 2. The first kappa shape index (κ1) is 21.5. The number of hydrogen-bond acceptors (Lipinski definition) is 3. The van der Waals surface area contributed by atoms with E-state index < -0.39 is 11.6 Å². The molecule has 0 saturated heterocycles. The second kappa shape index (κ2) is 8.51. The standard InChI is InChI=1S/C27H20F2N4O/c1-16-8-10-18(11-9-16)32-27(34)21-13-23(30-14-17(21)2)19-6-4-12-33-24(19)15-31-26(33)20-5-3-7-22(28)25(20)29/h3-15H,1-2H3,(H,32,34). The highest BCUT2D eigenvalue weighted by Gasteiger charge is 2.18. The molecule has 0 unspecified atom stereocenters. The summed E-state index contributed by atoms with van der Waals surface area (Å²) in [5.41, 5.74) is 5.02. The van der Waals surface area contributed by atoms with Crippen LogP contribution >= 0.6 is 0 Å². The lowest BCUT2D eigenvalue weighted by atomic mass is 10.1. The van der Waals surface area contributed by atoms with E-state index in [1.165, 1.54) is 12.1 Å². The summed E-state index contributed by atoms with van der Waals surface area (Å²) in [6.45, 7) is 3.81. The van der Waals surface area contributed by atoms with Gasteiger partial charge in [0.2, 0.25) is 0 Å². The van der Waals surface area contributed by atoms with Gasteiger partial charge in [-0.05, 0) is 61.9 Å². The van der Waals surface area contributed by atoms with Crippen molar-refractivity contribution in [1.29, 1.82) is 0 Å². The molecule has 3 aromatic heterocycles. The van der Waals surface area contributed by atoms with E-state index in [9.17, 15) is 13.6 Å². The van der Waals surface area contributed by atoms with Gasteiger partial charge in [0.25, 0.3) is 5.91 Å². The number of nitrogens with one attached hydrogen (secondary N) is 1. The maximum absolute atomic E-state index is 14.4. The van der Waals surface area contributed by atoms with Gasteiger partial charge >= 0.3 is 0 Å². The number of hydrogen-bond donors (Lipinski definition) is 1.